The smallest absolute Gasteiger partial charge is 0.166 e. The van der Waals surface area contributed by atoms with E-state index in [1.165, 1.54) is 11.8 Å². The van der Waals surface area contributed by atoms with Crippen molar-refractivity contribution in [2.45, 2.75) is 20.1 Å². The highest BCUT2D eigenvalue weighted by molar-refractivity contribution is 8.93. The van der Waals surface area contributed by atoms with E-state index >= 15 is 0 Å². The number of nitrogens with one attached hydrogen (secondary N) is 1. The Hall–Kier alpha value is 0.220. The normalized spacial score (nSPS) is 9.77. The van der Waals surface area contributed by atoms with E-state index in [4.69, 9.17) is 20.6 Å². The molecule has 0 spiro atoms. The Bertz CT molecular complexity index is 132. The Balaban J connectivity index is 0. The van der Waals surface area contributed by atoms with Gasteiger partial charge in [0.25, 0.3) is 0 Å². The molecule has 0 aromatic carbocycles. The summed E-state index contributed by atoms with van der Waals surface area (Å²) in [5.74, 6) is 0.580. The lowest BCUT2D eigenvalue weighted by atomic mass is 10.7. The standard InChI is InChI=1S/C7H16N2O2S.BrH/c1-3-10-6(11-4-2)5-12-7(8)9;/h6H,3-5H2,1-2H3,(H3,8,9);1H. The van der Waals surface area contributed by atoms with Crippen LogP contribution < -0.4 is 5.73 Å². The lowest BCUT2D eigenvalue weighted by Crippen LogP contribution is -2.22. The van der Waals surface area contributed by atoms with Crippen molar-refractivity contribution in [3.8, 4) is 0 Å². The van der Waals surface area contributed by atoms with Gasteiger partial charge in [0.05, 0.1) is 5.75 Å². The summed E-state index contributed by atoms with van der Waals surface area (Å²) in [7, 11) is 0. The van der Waals surface area contributed by atoms with Crippen LogP contribution >= 0.6 is 28.7 Å². The van der Waals surface area contributed by atoms with Crippen LogP contribution in [0.4, 0.5) is 0 Å². The first-order valence-corrected chi connectivity index (χ1v) is 4.89. The van der Waals surface area contributed by atoms with Crippen LogP contribution in [0.2, 0.25) is 0 Å². The van der Waals surface area contributed by atoms with Gasteiger partial charge in [0.15, 0.2) is 11.5 Å². The molecular weight excluding hydrogens is 256 g/mol. The Morgan fingerprint density at radius 2 is 1.85 bits per heavy atom. The second-order valence-electron chi connectivity index (χ2n) is 2.02. The molecule has 0 aliphatic heterocycles. The van der Waals surface area contributed by atoms with E-state index in [-0.39, 0.29) is 28.4 Å². The van der Waals surface area contributed by atoms with Gasteiger partial charge in [-0.25, -0.2) is 0 Å². The average Bonchev–Trinajstić information content (AvgIpc) is 2.01. The molecule has 0 aromatic rings. The van der Waals surface area contributed by atoms with Gasteiger partial charge in [-0.05, 0) is 13.8 Å². The van der Waals surface area contributed by atoms with E-state index in [2.05, 4.69) is 0 Å². The van der Waals surface area contributed by atoms with Crippen LogP contribution in [-0.2, 0) is 9.47 Å². The number of amidine groups is 1. The van der Waals surface area contributed by atoms with Crippen molar-refractivity contribution >= 4 is 33.9 Å². The van der Waals surface area contributed by atoms with Crippen LogP contribution in [0, 0.1) is 5.41 Å². The summed E-state index contributed by atoms with van der Waals surface area (Å²) in [6, 6.07) is 0. The number of ether oxygens (including phenoxy) is 2. The molecule has 0 saturated heterocycles. The number of hydrogen-bond donors (Lipinski definition) is 2. The number of thioether (sulfide) groups is 1. The minimum absolute atomic E-state index is 0. The quantitative estimate of drug-likeness (QED) is 0.438. The Morgan fingerprint density at radius 3 is 2.15 bits per heavy atom. The van der Waals surface area contributed by atoms with E-state index in [1.807, 2.05) is 13.8 Å². The largest absolute Gasteiger partial charge is 0.379 e. The van der Waals surface area contributed by atoms with E-state index < -0.39 is 0 Å². The molecule has 0 atom stereocenters. The molecule has 13 heavy (non-hydrogen) atoms. The number of nitrogens with two attached hydrogens (primary N) is 1. The fourth-order valence-electron chi connectivity index (χ4n) is 0.674. The first kappa shape index (κ1) is 15.7. The minimum Gasteiger partial charge on any atom is -0.379 e. The maximum atomic E-state index is 6.98. The molecule has 0 rings (SSSR count). The molecule has 80 valence electrons. The van der Waals surface area contributed by atoms with Crippen LogP contribution in [0.25, 0.3) is 0 Å². The van der Waals surface area contributed by atoms with E-state index in [9.17, 15) is 0 Å². The average molecular weight is 273 g/mol. The number of hydrogen-bond acceptors (Lipinski definition) is 4. The van der Waals surface area contributed by atoms with Crippen LogP contribution in [0.3, 0.4) is 0 Å². The van der Waals surface area contributed by atoms with E-state index in [1.54, 1.807) is 0 Å². The Morgan fingerprint density at radius 1 is 1.38 bits per heavy atom. The predicted octanol–water partition coefficient (Wildman–Crippen LogP) is 1.59. The molecule has 0 amide bonds. The van der Waals surface area contributed by atoms with Gasteiger partial charge in [0.1, 0.15) is 0 Å². The van der Waals surface area contributed by atoms with Gasteiger partial charge in [-0.3, -0.25) is 5.41 Å². The highest BCUT2D eigenvalue weighted by Crippen LogP contribution is 2.06. The molecule has 0 aliphatic rings. The van der Waals surface area contributed by atoms with Gasteiger partial charge < -0.3 is 15.2 Å². The van der Waals surface area contributed by atoms with Gasteiger partial charge >= 0.3 is 0 Å². The van der Waals surface area contributed by atoms with Crippen molar-refractivity contribution < 1.29 is 9.47 Å². The minimum atomic E-state index is -0.242. The van der Waals surface area contributed by atoms with Crippen molar-refractivity contribution in [3.63, 3.8) is 0 Å². The molecule has 3 N–H and O–H groups in total. The number of rotatable bonds is 6. The van der Waals surface area contributed by atoms with E-state index in [0.29, 0.717) is 19.0 Å². The topological polar surface area (TPSA) is 68.3 Å². The van der Waals surface area contributed by atoms with E-state index in [0.717, 1.165) is 0 Å². The van der Waals surface area contributed by atoms with Crippen LogP contribution in [0.1, 0.15) is 13.8 Å². The highest BCUT2D eigenvalue weighted by atomic mass is 79.9. The van der Waals surface area contributed by atoms with Crippen LogP contribution in [0.15, 0.2) is 0 Å². The third kappa shape index (κ3) is 10.1. The first-order chi connectivity index (χ1) is 5.70. The molecular formula is C7H17BrN2O2S. The van der Waals surface area contributed by atoms with Crippen LogP contribution in [0.5, 0.6) is 0 Å². The fourth-order valence-corrected chi connectivity index (χ4v) is 1.18. The van der Waals surface area contributed by atoms with Crippen molar-refractivity contribution in [1.82, 2.24) is 0 Å². The molecule has 0 aliphatic carbocycles. The van der Waals surface area contributed by atoms with Crippen molar-refractivity contribution in [1.29, 1.82) is 5.41 Å². The molecule has 0 bridgehead atoms. The highest BCUT2D eigenvalue weighted by Gasteiger charge is 2.07. The first-order valence-electron chi connectivity index (χ1n) is 3.90. The molecule has 0 aromatic heterocycles. The van der Waals surface area contributed by atoms with Crippen molar-refractivity contribution in [2.24, 2.45) is 5.73 Å². The van der Waals surface area contributed by atoms with Crippen molar-refractivity contribution in [3.05, 3.63) is 0 Å². The molecule has 0 radical (unpaired) electrons. The molecule has 6 heteroatoms. The third-order valence-corrected chi connectivity index (χ3v) is 1.83. The summed E-state index contributed by atoms with van der Waals surface area (Å²) in [5.41, 5.74) is 5.17. The zero-order valence-corrected chi connectivity index (χ0v) is 10.4. The van der Waals surface area contributed by atoms with Gasteiger partial charge in [0, 0.05) is 13.2 Å². The molecule has 0 unspecified atom stereocenters. The molecule has 4 nitrogen and oxygen atoms in total. The summed E-state index contributed by atoms with van der Waals surface area (Å²) in [5, 5.41) is 7.08. The Kier molecular flexibility index (Phi) is 12.4. The fraction of sp³-hybridized carbons (Fsp3) is 0.857. The maximum absolute atomic E-state index is 6.98. The second kappa shape index (κ2) is 10.3. The van der Waals surface area contributed by atoms with Crippen molar-refractivity contribution in [2.75, 3.05) is 19.0 Å². The van der Waals surface area contributed by atoms with Gasteiger partial charge in [-0.15, -0.1) is 17.0 Å². The Labute approximate surface area is 93.8 Å². The van der Waals surface area contributed by atoms with Gasteiger partial charge in [0.2, 0.25) is 0 Å². The maximum Gasteiger partial charge on any atom is 0.166 e. The predicted molar refractivity (Wildman–Crippen MR) is 61.7 cm³/mol. The van der Waals surface area contributed by atoms with Crippen LogP contribution in [-0.4, -0.2) is 30.4 Å². The SMILES string of the molecule is Br.CCOC(CSC(=N)N)OCC. The molecule has 0 fully saturated rings. The summed E-state index contributed by atoms with van der Waals surface area (Å²) in [4.78, 5) is 0. The molecule has 0 heterocycles. The monoisotopic (exact) mass is 272 g/mol. The summed E-state index contributed by atoms with van der Waals surface area (Å²) in [6.07, 6.45) is -0.242. The summed E-state index contributed by atoms with van der Waals surface area (Å²) >= 11 is 1.23. The number of halogens is 1. The summed E-state index contributed by atoms with van der Waals surface area (Å²) < 4.78 is 10.5. The summed E-state index contributed by atoms with van der Waals surface area (Å²) in [6.45, 7) is 5.04. The lowest BCUT2D eigenvalue weighted by Gasteiger charge is -2.15. The second-order valence-corrected chi connectivity index (χ2v) is 3.08. The lowest BCUT2D eigenvalue weighted by molar-refractivity contribution is -0.119. The zero-order chi connectivity index (χ0) is 9.40. The van der Waals surface area contributed by atoms with Gasteiger partial charge in [-0.1, -0.05) is 11.8 Å². The molecule has 0 saturated carbocycles. The zero-order valence-electron chi connectivity index (χ0n) is 7.91. The van der Waals surface area contributed by atoms with Gasteiger partial charge in [-0.2, -0.15) is 0 Å². The third-order valence-electron chi connectivity index (χ3n) is 1.08.